The molecule has 0 N–H and O–H groups in total. The fraction of sp³-hybridized carbons (Fsp3) is 0.605. The molecule has 0 unspecified atom stereocenters. The van der Waals surface area contributed by atoms with Gasteiger partial charge in [-0.1, -0.05) is 295 Å². The molecule has 2 aromatic carbocycles. The lowest BCUT2D eigenvalue weighted by Gasteiger charge is -2.21. The minimum absolute atomic E-state index is 1.04. The van der Waals surface area contributed by atoms with Gasteiger partial charge in [-0.05, 0) is 159 Å². The van der Waals surface area contributed by atoms with Crippen molar-refractivity contribution in [1.82, 2.24) is 9.97 Å². The number of hydrogen-bond acceptors (Lipinski definition) is 8. The molecule has 0 aliphatic heterocycles. The molecule has 2 nitrogen and oxygen atoms in total. The van der Waals surface area contributed by atoms with Crippen LogP contribution in [0.4, 0.5) is 0 Å². The van der Waals surface area contributed by atoms with Gasteiger partial charge in [-0.15, -0.1) is 68.0 Å². The fourth-order valence-electron chi connectivity index (χ4n) is 14.5. The Hall–Kier alpha value is -3.50. The molecule has 9 rings (SSSR count). The molecule has 0 fully saturated rings. The maximum atomic E-state index is 5.79. The molecular formula is C86H122N2S6. The van der Waals surface area contributed by atoms with Gasteiger partial charge in [0.15, 0.2) is 0 Å². The molecule has 0 bridgehead atoms. The highest BCUT2D eigenvalue weighted by atomic mass is 32.1. The molecule has 6 heterocycles. The Balaban J connectivity index is 0.980. The van der Waals surface area contributed by atoms with E-state index in [0.717, 1.165) is 32.1 Å². The zero-order chi connectivity index (χ0) is 65.4. The van der Waals surface area contributed by atoms with E-state index < -0.39 is 0 Å². The van der Waals surface area contributed by atoms with Crippen LogP contribution in [0.2, 0.25) is 0 Å². The molecule has 0 atom stereocenters. The standard InChI is InChI=1S/C86H122N2S6/c1-7-11-15-19-23-27-31-35-39-43-47-70-62-66(6)89-81(70)76-57-59-78(90-76)85-87-74(49-45-41-37-33-29-25-21-17-13-9-3)83(93-85)84-75(50-46-42-38-34-30-26-22-18-14-10-4)88-86(94-84)79-60-58-77(91-79)82-71(48-44-40-36-32-28-24-20-16-12-8-2)64-80(92-82)69-54-56-73-68(63-69)53-52-67-61-65(5)51-55-72(67)73/h51,54-64H,7-50,52-53H2,1-6H3. The first-order chi connectivity index (χ1) is 46.3. The van der Waals surface area contributed by atoms with Gasteiger partial charge in [0.05, 0.1) is 30.9 Å². The van der Waals surface area contributed by atoms with Gasteiger partial charge in [-0.2, -0.15) is 0 Å². The van der Waals surface area contributed by atoms with Crippen molar-refractivity contribution < 1.29 is 0 Å². The summed E-state index contributed by atoms with van der Waals surface area (Å²) in [6.45, 7) is 13.8. The average molecular weight is 1380 g/mol. The molecule has 512 valence electrons. The van der Waals surface area contributed by atoms with Crippen molar-refractivity contribution in [2.75, 3.05) is 0 Å². The average Bonchev–Trinajstić information content (AvgIpc) is 1.84. The maximum absolute atomic E-state index is 5.79. The van der Waals surface area contributed by atoms with Crippen molar-refractivity contribution >= 4 is 68.0 Å². The van der Waals surface area contributed by atoms with Crippen LogP contribution in [0, 0.1) is 13.8 Å². The van der Waals surface area contributed by atoms with Crippen molar-refractivity contribution in [2.24, 2.45) is 0 Å². The summed E-state index contributed by atoms with van der Waals surface area (Å²) in [5, 5.41) is 2.41. The van der Waals surface area contributed by atoms with Gasteiger partial charge >= 0.3 is 0 Å². The first-order valence-corrected chi connectivity index (χ1v) is 43.9. The van der Waals surface area contributed by atoms with Crippen LogP contribution < -0.4 is 0 Å². The number of unbranched alkanes of at least 4 members (excludes halogenated alkanes) is 36. The second kappa shape index (κ2) is 42.5. The van der Waals surface area contributed by atoms with Crippen LogP contribution in [0.3, 0.4) is 0 Å². The Morgan fingerprint density at radius 1 is 0.287 bits per heavy atom. The molecule has 0 spiro atoms. The van der Waals surface area contributed by atoms with E-state index in [1.54, 1.807) is 5.56 Å². The minimum Gasteiger partial charge on any atom is -0.240 e. The molecule has 6 aromatic heterocycles. The van der Waals surface area contributed by atoms with Crippen LogP contribution in [0.1, 0.15) is 329 Å². The zero-order valence-corrected chi connectivity index (χ0v) is 64.7. The van der Waals surface area contributed by atoms with E-state index in [4.69, 9.17) is 9.97 Å². The summed E-state index contributed by atoms with van der Waals surface area (Å²) in [6, 6.07) is 29.3. The second-order valence-corrected chi connectivity index (χ2v) is 34.8. The van der Waals surface area contributed by atoms with Crippen LogP contribution >= 0.6 is 68.0 Å². The van der Waals surface area contributed by atoms with Crippen molar-refractivity contribution in [2.45, 2.75) is 337 Å². The van der Waals surface area contributed by atoms with E-state index in [1.807, 2.05) is 68.0 Å². The van der Waals surface area contributed by atoms with E-state index in [9.17, 15) is 0 Å². The Kier molecular flexibility index (Phi) is 33.7. The van der Waals surface area contributed by atoms with E-state index in [-0.39, 0.29) is 0 Å². The van der Waals surface area contributed by atoms with Gasteiger partial charge < -0.3 is 0 Å². The third-order valence-electron chi connectivity index (χ3n) is 20.2. The van der Waals surface area contributed by atoms with Crippen LogP contribution in [-0.2, 0) is 38.5 Å². The number of rotatable bonds is 50. The predicted molar refractivity (Wildman–Crippen MR) is 426 cm³/mol. The quantitative estimate of drug-likeness (QED) is 0.0355. The number of nitrogens with zero attached hydrogens (tertiary/aromatic N) is 2. The largest absolute Gasteiger partial charge is 0.240 e. The van der Waals surface area contributed by atoms with Crippen molar-refractivity contribution in [1.29, 1.82) is 0 Å². The number of thiazole rings is 2. The maximum Gasteiger partial charge on any atom is 0.134 e. The zero-order valence-electron chi connectivity index (χ0n) is 59.8. The summed E-state index contributed by atoms with van der Waals surface area (Å²) in [5.41, 5.74) is 14.4. The van der Waals surface area contributed by atoms with Crippen LogP contribution in [0.25, 0.3) is 70.6 Å². The highest BCUT2D eigenvalue weighted by Crippen LogP contribution is 2.50. The highest BCUT2D eigenvalue weighted by molar-refractivity contribution is 7.30. The lowest BCUT2D eigenvalue weighted by Crippen LogP contribution is -2.04. The molecule has 8 aromatic rings. The van der Waals surface area contributed by atoms with E-state index >= 15 is 0 Å². The summed E-state index contributed by atoms with van der Waals surface area (Å²) in [6.07, 6.45) is 61.1. The Bertz CT molecular complexity index is 3380. The van der Waals surface area contributed by atoms with E-state index in [1.165, 1.54) is 372 Å². The third kappa shape index (κ3) is 23.6. The molecule has 0 saturated heterocycles. The van der Waals surface area contributed by atoms with Gasteiger partial charge in [0.1, 0.15) is 10.0 Å². The molecule has 0 saturated carbocycles. The second-order valence-electron chi connectivity index (χ2n) is 28.4. The Labute approximate surface area is 597 Å². The lowest BCUT2D eigenvalue weighted by molar-refractivity contribution is 0.555. The van der Waals surface area contributed by atoms with Crippen molar-refractivity contribution in [3.8, 4) is 70.6 Å². The molecular weight excluding hydrogens is 1250 g/mol. The fourth-order valence-corrected chi connectivity index (χ4v) is 21.6. The minimum atomic E-state index is 1.04. The number of thiophene rings is 4. The number of benzene rings is 2. The van der Waals surface area contributed by atoms with Gasteiger partial charge in [0, 0.05) is 29.3 Å². The number of fused-ring (bicyclic) bond motifs is 3. The summed E-state index contributed by atoms with van der Waals surface area (Å²) in [4.78, 5) is 25.7. The van der Waals surface area contributed by atoms with Crippen molar-refractivity contribution in [3.05, 3.63) is 117 Å². The SMILES string of the molecule is CCCCCCCCCCCCc1cc(C)sc1-c1ccc(-c2nc(CCCCCCCCCCCC)c(-c3sc(-c4ccc(-c5sc(-c6ccc7c(c6)CCc6cc(C)ccc6-7)cc5CCCCCCCCCCCC)s4)nc3CCCCCCCCCCCC)s2)s1. The van der Waals surface area contributed by atoms with Crippen LogP contribution in [-0.4, -0.2) is 9.97 Å². The number of aromatic nitrogens is 2. The molecule has 94 heavy (non-hydrogen) atoms. The first-order valence-electron chi connectivity index (χ1n) is 39.0. The van der Waals surface area contributed by atoms with Gasteiger partial charge in [-0.25, -0.2) is 9.97 Å². The topological polar surface area (TPSA) is 25.8 Å². The Morgan fingerprint density at radius 3 is 1.06 bits per heavy atom. The predicted octanol–water partition coefficient (Wildman–Crippen LogP) is 31.1. The Morgan fingerprint density at radius 2 is 0.638 bits per heavy atom. The molecule has 0 amide bonds. The smallest absolute Gasteiger partial charge is 0.134 e. The summed E-state index contributed by atoms with van der Waals surface area (Å²) >= 11 is 12.0. The highest BCUT2D eigenvalue weighted by Gasteiger charge is 2.25. The summed E-state index contributed by atoms with van der Waals surface area (Å²) in [7, 11) is 0. The van der Waals surface area contributed by atoms with Gasteiger partial charge in [0.2, 0.25) is 0 Å². The normalized spacial score (nSPS) is 12.2. The first kappa shape index (κ1) is 74.7. The summed E-state index contributed by atoms with van der Waals surface area (Å²) < 4.78 is 0. The van der Waals surface area contributed by atoms with Crippen LogP contribution in [0.15, 0.2) is 72.8 Å². The van der Waals surface area contributed by atoms with Crippen molar-refractivity contribution in [3.63, 3.8) is 0 Å². The third-order valence-corrected chi connectivity index (χ3v) is 27.7. The molecule has 8 heteroatoms. The monoisotopic (exact) mass is 1370 g/mol. The van der Waals surface area contributed by atoms with E-state index in [2.05, 4.69) is 114 Å². The van der Waals surface area contributed by atoms with E-state index in [0.29, 0.717) is 0 Å². The number of aryl methyl sites for hydroxylation is 8. The lowest BCUT2D eigenvalue weighted by atomic mass is 9.84. The number of hydrogen-bond donors (Lipinski definition) is 0. The molecule has 1 aliphatic carbocycles. The molecule has 0 radical (unpaired) electrons. The van der Waals surface area contributed by atoms with Crippen LogP contribution in [0.5, 0.6) is 0 Å². The van der Waals surface area contributed by atoms with Gasteiger partial charge in [0.25, 0.3) is 0 Å². The summed E-state index contributed by atoms with van der Waals surface area (Å²) in [5.74, 6) is 0. The molecule has 1 aliphatic rings. The van der Waals surface area contributed by atoms with Gasteiger partial charge in [-0.3, -0.25) is 0 Å².